The maximum Gasteiger partial charge on any atom is 0.294 e. The van der Waals surface area contributed by atoms with Gasteiger partial charge in [0.05, 0.1) is 4.90 Å². The van der Waals surface area contributed by atoms with Gasteiger partial charge in [-0.25, -0.2) is 4.21 Å². The SMILES string of the molecule is Nc1cccc2c(S(=O)Oc3ccc(CO[N+](=O)[O-])cc3)cccc12. The number of nitrogens with zero attached hydrogens (tertiary/aromatic N) is 1. The van der Waals surface area contributed by atoms with Crippen molar-refractivity contribution in [2.24, 2.45) is 0 Å². The average molecular weight is 358 g/mol. The van der Waals surface area contributed by atoms with E-state index in [0.717, 1.165) is 10.8 Å². The van der Waals surface area contributed by atoms with Gasteiger partial charge in [-0.1, -0.05) is 36.4 Å². The Labute approximate surface area is 145 Å². The second-order valence-electron chi connectivity index (χ2n) is 5.16. The lowest BCUT2D eigenvalue weighted by Crippen LogP contribution is -2.03. The fourth-order valence-corrected chi connectivity index (χ4v) is 3.27. The van der Waals surface area contributed by atoms with Crippen molar-refractivity contribution in [2.75, 3.05) is 5.73 Å². The van der Waals surface area contributed by atoms with Crippen molar-refractivity contribution in [1.29, 1.82) is 0 Å². The van der Waals surface area contributed by atoms with E-state index >= 15 is 0 Å². The first-order valence-corrected chi connectivity index (χ1v) is 8.35. The lowest BCUT2D eigenvalue weighted by atomic mass is 10.1. The van der Waals surface area contributed by atoms with Crippen LogP contribution in [-0.2, 0) is 22.5 Å². The Morgan fingerprint density at radius 2 is 1.68 bits per heavy atom. The van der Waals surface area contributed by atoms with Gasteiger partial charge in [-0.15, -0.1) is 10.1 Å². The van der Waals surface area contributed by atoms with Crippen molar-refractivity contribution < 1.29 is 18.3 Å². The van der Waals surface area contributed by atoms with E-state index in [1.165, 1.54) is 0 Å². The molecular formula is C17H14N2O5S. The third-order valence-corrected chi connectivity index (χ3v) is 4.59. The monoisotopic (exact) mass is 358 g/mol. The van der Waals surface area contributed by atoms with Crippen LogP contribution in [0.4, 0.5) is 5.69 Å². The molecule has 128 valence electrons. The second-order valence-corrected chi connectivity index (χ2v) is 6.23. The molecule has 7 nitrogen and oxygen atoms in total. The third kappa shape index (κ3) is 3.86. The van der Waals surface area contributed by atoms with E-state index in [2.05, 4.69) is 4.84 Å². The number of hydrogen-bond donors (Lipinski definition) is 1. The molecule has 0 aromatic heterocycles. The zero-order chi connectivity index (χ0) is 17.8. The normalized spacial score (nSPS) is 11.8. The molecule has 2 N–H and O–H groups in total. The first-order valence-electron chi connectivity index (χ1n) is 7.28. The summed E-state index contributed by atoms with van der Waals surface area (Å²) in [6.45, 7) is -0.154. The van der Waals surface area contributed by atoms with Crippen LogP contribution >= 0.6 is 0 Å². The van der Waals surface area contributed by atoms with Crippen LogP contribution in [0.15, 0.2) is 65.6 Å². The second kappa shape index (κ2) is 7.18. The molecule has 0 radical (unpaired) electrons. The van der Waals surface area contributed by atoms with E-state index in [1.807, 2.05) is 12.1 Å². The molecule has 0 spiro atoms. The van der Waals surface area contributed by atoms with Gasteiger partial charge in [-0.2, -0.15) is 0 Å². The van der Waals surface area contributed by atoms with Crippen molar-refractivity contribution in [1.82, 2.24) is 0 Å². The highest BCUT2D eigenvalue weighted by molar-refractivity contribution is 7.80. The minimum atomic E-state index is -1.73. The summed E-state index contributed by atoms with van der Waals surface area (Å²) in [4.78, 5) is 15.0. The number of benzene rings is 3. The molecule has 0 fully saturated rings. The highest BCUT2D eigenvalue weighted by atomic mass is 32.2. The van der Waals surface area contributed by atoms with Crippen LogP contribution in [-0.4, -0.2) is 9.30 Å². The summed E-state index contributed by atoms with van der Waals surface area (Å²) in [5, 5.41) is 10.9. The number of anilines is 1. The van der Waals surface area contributed by atoms with Crippen LogP contribution in [0.5, 0.6) is 5.75 Å². The van der Waals surface area contributed by atoms with E-state index in [-0.39, 0.29) is 6.61 Å². The van der Waals surface area contributed by atoms with Gasteiger partial charge in [0, 0.05) is 16.5 Å². The Balaban J connectivity index is 1.79. The van der Waals surface area contributed by atoms with E-state index in [4.69, 9.17) is 9.92 Å². The molecule has 3 aromatic rings. The third-order valence-electron chi connectivity index (χ3n) is 3.53. The molecule has 0 aliphatic heterocycles. The van der Waals surface area contributed by atoms with Gasteiger partial charge in [-0.05, 0) is 29.8 Å². The summed E-state index contributed by atoms with van der Waals surface area (Å²) in [6, 6.07) is 17.1. The van der Waals surface area contributed by atoms with Crippen molar-refractivity contribution in [3.63, 3.8) is 0 Å². The van der Waals surface area contributed by atoms with Gasteiger partial charge in [0.15, 0.2) is 0 Å². The summed E-state index contributed by atoms with van der Waals surface area (Å²) in [6.07, 6.45) is 0. The Morgan fingerprint density at radius 3 is 2.40 bits per heavy atom. The van der Waals surface area contributed by atoms with Crippen LogP contribution in [0, 0.1) is 10.1 Å². The molecule has 0 aliphatic rings. The molecule has 0 saturated heterocycles. The highest BCUT2D eigenvalue weighted by Crippen LogP contribution is 2.27. The Bertz CT molecular complexity index is 943. The molecule has 0 bridgehead atoms. The topological polar surface area (TPSA) is 105 Å². The van der Waals surface area contributed by atoms with Gasteiger partial charge in [0.2, 0.25) is 11.1 Å². The summed E-state index contributed by atoms with van der Waals surface area (Å²) in [7, 11) is 0. The van der Waals surface area contributed by atoms with Crippen molar-refractivity contribution in [3.8, 4) is 5.75 Å². The Hall–Kier alpha value is -3.13. The van der Waals surface area contributed by atoms with E-state index in [9.17, 15) is 14.3 Å². The lowest BCUT2D eigenvalue weighted by molar-refractivity contribution is -0.763. The molecule has 0 heterocycles. The molecule has 0 aliphatic carbocycles. The van der Waals surface area contributed by atoms with Gasteiger partial charge in [0.25, 0.3) is 5.09 Å². The highest BCUT2D eigenvalue weighted by Gasteiger charge is 2.12. The first kappa shape index (κ1) is 16.7. The molecule has 1 unspecified atom stereocenters. The minimum absolute atomic E-state index is 0.154. The Morgan fingerprint density at radius 1 is 1.00 bits per heavy atom. The smallest absolute Gasteiger partial charge is 0.294 e. The van der Waals surface area contributed by atoms with Crippen LogP contribution in [0.25, 0.3) is 10.8 Å². The van der Waals surface area contributed by atoms with Crippen molar-refractivity contribution >= 4 is 27.5 Å². The molecule has 0 amide bonds. The van der Waals surface area contributed by atoms with Crippen molar-refractivity contribution in [2.45, 2.75) is 11.5 Å². The predicted octanol–water partition coefficient (Wildman–Crippen LogP) is 3.23. The lowest BCUT2D eigenvalue weighted by Gasteiger charge is -2.09. The van der Waals surface area contributed by atoms with Crippen molar-refractivity contribution in [3.05, 3.63) is 76.3 Å². The quantitative estimate of drug-likeness (QED) is 0.412. The number of hydrogen-bond acceptors (Lipinski definition) is 6. The van der Waals surface area contributed by atoms with Gasteiger partial charge in [-0.3, -0.25) is 0 Å². The van der Waals surface area contributed by atoms with Crippen LogP contribution in [0.2, 0.25) is 0 Å². The maximum atomic E-state index is 12.6. The van der Waals surface area contributed by atoms with Gasteiger partial charge >= 0.3 is 0 Å². The zero-order valence-electron chi connectivity index (χ0n) is 13.0. The summed E-state index contributed by atoms with van der Waals surface area (Å²) >= 11 is -1.73. The van der Waals surface area contributed by atoms with E-state index in [1.54, 1.807) is 48.5 Å². The number of rotatable bonds is 6. The fraction of sp³-hybridized carbons (Fsp3) is 0.0588. The molecule has 8 heteroatoms. The summed E-state index contributed by atoms with van der Waals surface area (Å²) in [5.74, 6) is 0.379. The average Bonchev–Trinajstić information content (AvgIpc) is 2.61. The number of nitrogen functional groups attached to an aromatic ring is 1. The van der Waals surface area contributed by atoms with Crippen LogP contribution in [0.1, 0.15) is 5.56 Å². The number of fused-ring (bicyclic) bond motifs is 1. The zero-order valence-corrected chi connectivity index (χ0v) is 13.8. The number of nitrogens with two attached hydrogens (primary N) is 1. The molecule has 3 aromatic carbocycles. The molecular weight excluding hydrogens is 344 g/mol. The molecule has 3 rings (SSSR count). The Kier molecular flexibility index (Phi) is 4.80. The molecule has 0 saturated carbocycles. The van der Waals surface area contributed by atoms with Gasteiger partial charge < -0.3 is 14.8 Å². The van der Waals surface area contributed by atoms with E-state index < -0.39 is 16.2 Å². The van der Waals surface area contributed by atoms with E-state index in [0.29, 0.717) is 21.9 Å². The minimum Gasteiger partial charge on any atom is -0.398 e. The molecule has 1 atom stereocenters. The largest absolute Gasteiger partial charge is 0.398 e. The first-order chi connectivity index (χ1) is 12.0. The maximum absolute atomic E-state index is 12.6. The predicted molar refractivity (Wildman–Crippen MR) is 93.6 cm³/mol. The fourth-order valence-electron chi connectivity index (χ4n) is 2.35. The van der Waals surface area contributed by atoms with Gasteiger partial charge in [0.1, 0.15) is 12.4 Å². The van der Waals surface area contributed by atoms with Crippen LogP contribution < -0.4 is 9.92 Å². The standard InChI is InChI=1S/C17H14N2O5S/c18-16-5-1-4-15-14(16)3-2-6-17(15)25(22)24-13-9-7-12(8-10-13)11-23-19(20)21/h1-10H,11,18H2. The van der Waals surface area contributed by atoms with Crippen LogP contribution in [0.3, 0.4) is 0 Å². The molecule has 25 heavy (non-hydrogen) atoms. The summed E-state index contributed by atoms with van der Waals surface area (Å²) in [5.41, 5.74) is 7.15. The summed E-state index contributed by atoms with van der Waals surface area (Å²) < 4.78 is 18.1.